The van der Waals surface area contributed by atoms with Gasteiger partial charge in [0, 0.05) is 28.0 Å². The van der Waals surface area contributed by atoms with Gasteiger partial charge in [0.2, 0.25) is 15.9 Å². The zero-order valence-corrected chi connectivity index (χ0v) is 15.6. The van der Waals surface area contributed by atoms with E-state index in [1.807, 2.05) is 24.4 Å². The van der Waals surface area contributed by atoms with Gasteiger partial charge in [-0.2, -0.15) is 0 Å². The van der Waals surface area contributed by atoms with Crippen LogP contribution in [0.4, 0.5) is 5.69 Å². The fourth-order valence-corrected chi connectivity index (χ4v) is 5.07. The minimum absolute atomic E-state index is 0.0820. The molecule has 0 unspecified atom stereocenters. The highest BCUT2D eigenvalue weighted by atomic mass is 32.2. The monoisotopic (exact) mass is 382 g/mol. The number of amides is 1. The SMILES string of the molecule is C[C@@H]1CSc2ccc(S(=O)(=O)NCCc3cccs3)cc2NC1=O. The van der Waals surface area contributed by atoms with Crippen molar-refractivity contribution in [1.29, 1.82) is 0 Å². The molecule has 8 heteroatoms. The quantitative estimate of drug-likeness (QED) is 0.834. The lowest BCUT2D eigenvalue weighted by Gasteiger charge is -2.11. The molecule has 1 amide bonds. The third kappa shape index (κ3) is 4.00. The Kier molecular flexibility index (Phi) is 5.29. The smallest absolute Gasteiger partial charge is 0.240 e. The minimum Gasteiger partial charge on any atom is -0.325 e. The van der Waals surface area contributed by atoms with Gasteiger partial charge < -0.3 is 5.32 Å². The molecule has 1 aliphatic rings. The molecule has 1 aromatic heterocycles. The van der Waals surface area contributed by atoms with Gasteiger partial charge in [0.1, 0.15) is 0 Å². The van der Waals surface area contributed by atoms with Crippen molar-refractivity contribution in [1.82, 2.24) is 4.72 Å². The molecule has 0 saturated heterocycles. The summed E-state index contributed by atoms with van der Waals surface area (Å²) in [7, 11) is -3.60. The van der Waals surface area contributed by atoms with Crippen molar-refractivity contribution in [3.8, 4) is 0 Å². The van der Waals surface area contributed by atoms with Crippen LogP contribution >= 0.6 is 23.1 Å². The zero-order chi connectivity index (χ0) is 17.2. The summed E-state index contributed by atoms with van der Waals surface area (Å²) in [6.07, 6.45) is 0.659. The molecule has 0 spiro atoms. The molecule has 2 N–H and O–H groups in total. The van der Waals surface area contributed by atoms with Gasteiger partial charge in [-0.15, -0.1) is 23.1 Å². The second-order valence-corrected chi connectivity index (χ2v) is 9.45. The number of carbonyl (C=O) groups excluding carboxylic acids is 1. The Morgan fingerprint density at radius 3 is 2.92 bits per heavy atom. The van der Waals surface area contributed by atoms with E-state index in [0.717, 1.165) is 9.77 Å². The van der Waals surface area contributed by atoms with Crippen molar-refractivity contribution in [2.45, 2.75) is 23.1 Å². The van der Waals surface area contributed by atoms with Gasteiger partial charge >= 0.3 is 0 Å². The van der Waals surface area contributed by atoms with Gasteiger partial charge in [-0.05, 0) is 36.1 Å². The van der Waals surface area contributed by atoms with Crippen LogP contribution in [0, 0.1) is 5.92 Å². The lowest BCUT2D eigenvalue weighted by molar-refractivity contribution is -0.118. The van der Waals surface area contributed by atoms with Crippen LogP contribution in [-0.4, -0.2) is 26.6 Å². The van der Waals surface area contributed by atoms with Crippen LogP contribution in [0.2, 0.25) is 0 Å². The number of sulfonamides is 1. The normalized spacial score (nSPS) is 17.9. The van der Waals surface area contributed by atoms with Crippen molar-refractivity contribution in [3.05, 3.63) is 40.6 Å². The Labute approximate surface area is 149 Å². The first-order valence-electron chi connectivity index (χ1n) is 7.55. The molecule has 0 radical (unpaired) electrons. The molecule has 3 rings (SSSR count). The number of fused-ring (bicyclic) bond motifs is 1. The molecule has 0 saturated carbocycles. The van der Waals surface area contributed by atoms with Crippen LogP contribution in [0.3, 0.4) is 0 Å². The minimum atomic E-state index is -3.60. The van der Waals surface area contributed by atoms with Crippen LogP contribution < -0.4 is 10.0 Å². The molecule has 0 bridgehead atoms. The van der Waals surface area contributed by atoms with Crippen LogP contribution in [-0.2, 0) is 21.2 Å². The second-order valence-electron chi connectivity index (χ2n) is 5.59. The number of rotatable bonds is 5. The summed E-state index contributed by atoms with van der Waals surface area (Å²) in [5.41, 5.74) is 0.565. The number of anilines is 1. The molecule has 0 aliphatic carbocycles. The van der Waals surface area contributed by atoms with Crippen molar-refractivity contribution < 1.29 is 13.2 Å². The number of hydrogen-bond donors (Lipinski definition) is 2. The van der Waals surface area contributed by atoms with Gasteiger partial charge in [-0.1, -0.05) is 13.0 Å². The van der Waals surface area contributed by atoms with E-state index in [-0.39, 0.29) is 16.7 Å². The zero-order valence-electron chi connectivity index (χ0n) is 13.1. The van der Waals surface area contributed by atoms with Crippen LogP contribution in [0.15, 0.2) is 45.5 Å². The van der Waals surface area contributed by atoms with Gasteiger partial charge in [-0.25, -0.2) is 13.1 Å². The molecule has 0 fully saturated rings. The van der Waals surface area contributed by atoms with E-state index in [9.17, 15) is 13.2 Å². The molecular weight excluding hydrogens is 364 g/mol. The summed E-state index contributed by atoms with van der Waals surface area (Å²) in [6.45, 7) is 2.20. The largest absolute Gasteiger partial charge is 0.325 e. The van der Waals surface area contributed by atoms with E-state index in [1.54, 1.807) is 35.2 Å². The standard InChI is InChI=1S/C16H18N2O3S3/c1-11-10-23-15-5-4-13(9-14(15)18-16(11)19)24(20,21)17-7-6-12-3-2-8-22-12/h2-5,8-9,11,17H,6-7,10H2,1H3,(H,18,19)/t11-/m1/s1. The number of thioether (sulfide) groups is 1. The highest BCUT2D eigenvalue weighted by Crippen LogP contribution is 2.34. The summed E-state index contributed by atoms with van der Waals surface area (Å²) in [6, 6.07) is 8.80. The van der Waals surface area contributed by atoms with Gasteiger partial charge in [-0.3, -0.25) is 4.79 Å². The van der Waals surface area contributed by atoms with E-state index < -0.39 is 10.0 Å². The molecule has 1 aromatic carbocycles. The molecule has 128 valence electrons. The third-order valence-electron chi connectivity index (χ3n) is 3.70. The number of nitrogens with one attached hydrogen (secondary N) is 2. The Balaban J connectivity index is 1.74. The molecule has 2 heterocycles. The molecule has 1 atom stereocenters. The van der Waals surface area contributed by atoms with Gasteiger partial charge in [0.15, 0.2) is 0 Å². The second kappa shape index (κ2) is 7.26. The Morgan fingerprint density at radius 2 is 2.17 bits per heavy atom. The highest BCUT2D eigenvalue weighted by Gasteiger charge is 2.22. The maximum Gasteiger partial charge on any atom is 0.240 e. The maximum atomic E-state index is 12.5. The summed E-state index contributed by atoms with van der Waals surface area (Å²) >= 11 is 3.17. The predicted octanol–water partition coefficient (Wildman–Crippen LogP) is 2.95. The summed E-state index contributed by atoms with van der Waals surface area (Å²) in [4.78, 5) is 14.2. The highest BCUT2D eigenvalue weighted by molar-refractivity contribution is 7.99. The Hall–Kier alpha value is -1.35. The molecular formula is C16H18N2O3S3. The van der Waals surface area contributed by atoms with Crippen LogP contribution in [0.25, 0.3) is 0 Å². The fraction of sp³-hybridized carbons (Fsp3) is 0.312. The molecule has 24 heavy (non-hydrogen) atoms. The topological polar surface area (TPSA) is 75.3 Å². The number of carbonyl (C=O) groups is 1. The van der Waals surface area contributed by atoms with E-state index in [4.69, 9.17) is 0 Å². The summed E-state index contributed by atoms with van der Waals surface area (Å²) < 4.78 is 27.5. The predicted molar refractivity (Wildman–Crippen MR) is 98.2 cm³/mol. The lowest BCUT2D eigenvalue weighted by Crippen LogP contribution is -2.26. The first kappa shape index (κ1) is 17.5. The van der Waals surface area contributed by atoms with E-state index >= 15 is 0 Å². The van der Waals surface area contributed by atoms with Crippen LogP contribution in [0.5, 0.6) is 0 Å². The summed E-state index contributed by atoms with van der Waals surface area (Å²) in [5.74, 6) is 0.497. The third-order valence-corrected chi connectivity index (χ3v) is 7.43. The molecule has 5 nitrogen and oxygen atoms in total. The first-order chi connectivity index (χ1) is 11.5. The number of thiophene rings is 1. The van der Waals surface area contributed by atoms with E-state index in [0.29, 0.717) is 24.4 Å². The maximum absolute atomic E-state index is 12.5. The van der Waals surface area contributed by atoms with Gasteiger partial charge in [0.05, 0.1) is 10.6 Å². The molecule has 2 aromatic rings. The average molecular weight is 383 g/mol. The van der Waals surface area contributed by atoms with Crippen LogP contribution in [0.1, 0.15) is 11.8 Å². The van der Waals surface area contributed by atoms with Crippen molar-refractivity contribution in [2.75, 3.05) is 17.6 Å². The number of hydrogen-bond acceptors (Lipinski definition) is 5. The van der Waals surface area contributed by atoms with Crippen molar-refractivity contribution >= 4 is 44.7 Å². The first-order valence-corrected chi connectivity index (χ1v) is 10.9. The summed E-state index contributed by atoms with van der Waals surface area (Å²) in [5, 5.41) is 4.78. The van der Waals surface area contributed by atoms with Crippen molar-refractivity contribution in [2.24, 2.45) is 5.92 Å². The van der Waals surface area contributed by atoms with E-state index in [2.05, 4.69) is 10.0 Å². The molecule has 1 aliphatic heterocycles. The lowest BCUT2D eigenvalue weighted by atomic mass is 10.2. The van der Waals surface area contributed by atoms with E-state index in [1.165, 1.54) is 6.07 Å². The average Bonchev–Trinajstić information content (AvgIpc) is 3.01. The Morgan fingerprint density at radius 1 is 1.33 bits per heavy atom. The fourth-order valence-electron chi connectivity index (χ4n) is 2.29. The Bertz CT molecular complexity index is 832. The number of benzene rings is 1. The van der Waals surface area contributed by atoms with Crippen molar-refractivity contribution in [3.63, 3.8) is 0 Å². The van der Waals surface area contributed by atoms with Gasteiger partial charge in [0.25, 0.3) is 0 Å².